The van der Waals surface area contributed by atoms with E-state index in [-0.39, 0.29) is 0 Å². The summed E-state index contributed by atoms with van der Waals surface area (Å²) in [5, 5.41) is 4.23. The van der Waals surface area contributed by atoms with Crippen molar-refractivity contribution >= 4 is 60.6 Å². The van der Waals surface area contributed by atoms with Gasteiger partial charge in [0.2, 0.25) is 10.0 Å². The molecule has 2 aromatic carbocycles. The fourth-order valence-electron chi connectivity index (χ4n) is 2.78. The van der Waals surface area contributed by atoms with Crippen molar-refractivity contribution in [3.63, 3.8) is 0 Å². The van der Waals surface area contributed by atoms with Crippen molar-refractivity contribution in [2.75, 3.05) is 31.5 Å². The molecule has 0 aliphatic carbocycles. The van der Waals surface area contributed by atoms with E-state index in [1.165, 1.54) is 4.31 Å². The van der Waals surface area contributed by atoms with Gasteiger partial charge in [0.05, 0.1) is 15.6 Å². The van der Waals surface area contributed by atoms with E-state index in [1.807, 2.05) is 36.1 Å². The van der Waals surface area contributed by atoms with Crippen molar-refractivity contribution in [3.05, 3.63) is 57.5 Å². The van der Waals surface area contributed by atoms with Gasteiger partial charge in [0.25, 0.3) is 0 Å². The molecular formula is C18H19BrClN3O2S2. The summed E-state index contributed by atoms with van der Waals surface area (Å²) in [4.78, 5) is 2.28. The van der Waals surface area contributed by atoms with Crippen LogP contribution >= 0.6 is 39.7 Å². The van der Waals surface area contributed by atoms with Crippen LogP contribution < -0.4 is 5.32 Å². The van der Waals surface area contributed by atoms with Crippen molar-refractivity contribution < 1.29 is 8.42 Å². The van der Waals surface area contributed by atoms with Gasteiger partial charge < -0.3 is 10.2 Å². The van der Waals surface area contributed by atoms with E-state index >= 15 is 0 Å². The lowest BCUT2D eigenvalue weighted by Gasteiger charge is -2.35. The number of thiocarbonyl (C=S) groups is 1. The summed E-state index contributed by atoms with van der Waals surface area (Å²) in [6, 6.07) is 12.4. The first-order valence-electron chi connectivity index (χ1n) is 8.35. The van der Waals surface area contributed by atoms with Gasteiger partial charge in [-0.25, -0.2) is 8.42 Å². The molecule has 0 bridgehead atoms. The number of nitrogens with zero attached hydrogens (tertiary/aromatic N) is 2. The zero-order valence-corrected chi connectivity index (χ0v) is 18.6. The average molecular weight is 489 g/mol. The monoisotopic (exact) mass is 487 g/mol. The van der Waals surface area contributed by atoms with Crippen molar-refractivity contribution in [1.82, 2.24) is 9.21 Å². The Bertz CT molecular complexity index is 944. The normalized spacial score (nSPS) is 15.6. The summed E-state index contributed by atoms with van der Waals surface area (Å²) in [5.74, 6) is 0. The highest BCUT2D eigenvalue weighted by molar-refractivity contribution is 9.10. The molecule has 0 atom stereocenters. The van der Waals surface area contributed by atoms with Crippen LogP contribution in [-0.4, -0.2) is 48.9 Å². The highest BCUT2D eigenvalue weighted by Crippen LogP contribution is 2.26. The number of piperazine rings is 1. The van der Waals surface area contributed by atoms with Crippen LogP contribution in [0, 0.1) is 6.92 Å². The number of rotatable bonds is 3. The first-order valence-corrected chi connectivity index (χ1v) is 11.4. The molecule has 0 unspecified atom stereocenters. The topological polar surface area (TPSA) is 52.7 Å². The molecule has 0 radical (unpaired) electrons. The van der Waals surface area contributed by atoms with Crippen molar-refractivity contribution in [3.8, 4) is 0 Å². The van der Waals surface area contributed by atoms with E-state index < -0.39 is 10.0 Å². The minimum absolute atomic E-state index is 0.323. The Kier molecular flexibility index (Phi) is 6.43. The van der Waals surface area contributed by atoms with Gasteiger partial charge in [0, 0.05) is 30.7 Å². The molecule has 0 saturated carbocycles. The second-order valence-electron chi connectivity index (χ2n) is 6.26. The van der Waals surface area contributed by atoms with Crippen LogP contribution in [0.5, 0.6) is 0 Å². The fraction of sp³-hybridized carbons (Fsp3) is 0.278. The molecule has 0 amide bonds. The van der Waals surface area contributed by atoms with E-state index in [2.05, 4.69) is 21.2 Å². The number of aryl methyl sites for hydroxylation is 1. The van der Waals surface area contributed by atoms with E-state index in [1.54, 1.807) is 18.2 Å². The lowest BCUT2D eigenvalue weighted by atomic mass is 10.2. The molecule has 1 saturated heterocycles. The maximum Gasteiger partial charge on any atom is 0.243 e. The van der Waals surface area contributed by atoms with Crippen molar-refractivity contribution in [1.29, 1.82) is 0 Å². The van der Waals surface area contributed by atoms with E-state index in [0.717, 1.165) is 15.7 Å². The largest absolute Gasteiger partial charge is 0.346 e. The third-order valence-corrected chi connectivity index (χ3v) is 7.44. The van der Waals surface area contributed by atoms with Crippen LogP contribution in [0.1, 0.15) is 5.56 Å². The molecule has 27 heavy (non-hydrogen) atoms. The molecule has 0 spiro atoms. The number of nitrogens with one attached hydrogen (secondary N) is 1. The molecule has 0 aromatic heterocycles. The lowest BCUT2D eigenvalue weighted by molar-refractivity contribution is 0.268. The smallest absolute Gasteiger partial charge is 0.243 e. The molecule has 9 heteroatoms. The van der Waals surface area contributed by atoms with Gasteiger partial charge in [0.1, 0.15) is 0 Å². The summed E-state index contributed by atoms with van der Waals surface area (Å²) in [7, 11) is -3.48. The van der Waals surface area contributed by atoms with Gasteiger partial charge in [-0.05, 0) is 49.5 Å². The summed E-state index contributed by atoms with van der Waals surface area (Å²) in [5.41, 5.74) is 1.75. The SMILES string of the molecule is Cc1ccc(S(=O)(=O)N2CCN(C(=S)Nc3ccc(Br)cc3Cl)CC2)cc1. The van der Waals surface area contributed by atoms with Gasteiger partial charge >= 0.3 is 0 Å². The molecule has 1 N–H and O–H groups in total. The maximum atomic E-state index is 12.8. The van der Waals surface area contributed by atoms with Crippen LogP contribution in [0.3, 0.4) is 0 Å². The molecule has 1 fully saturated rings. The highest BCUT2D eigenvalue weighted by atomic mass is 79.9. The zero-order valence-electron chi connectivity index (χ0n) is 14.7. The number of halogens is 2. The standard InChI is InChI=1S/C18H19BrClN3O2S2/c1-13-2-5-15(6-3-13)27(24,25)23-10-8-22(9-11-23)18(26)21-17-7-4-14(19)12-16(17)20/h2-7,12H,8-11H2,1H3,(H,21,26). The molecule has 1 heterocycles. The molecule has 144 valence electrons. The predicted molar refractivity (Wildman–Crippen MR) is 117 cm³/mol. The lowest BCUT2D eigenvalue weighted by Crippen LogP contribution is -2.51. The molecule has 1 aliphatic rings. The first-order chi connectivity index (χ1) is 12.8. The molecule has 5 nitrogen and oxygen atoms in total. The van der Waals surface area contributed by atoms with Crippen LogP contribution in [0.25, 0.3) is 0 Å². The highest BCUT2D eigenvalue weighted by Gasteiger charge is 2.29. The van der Waals surface area contributed by atoms with Gasteiger partial charge in [-0.15, -0.1) is 0 Å². The van der Waals surface area contributed by atoms with Gasteiger partial charge in [-0.2, -0.15) is 4.31 Å². The molecule has 3 rings (SSSR count). The number of anilines is 1. The maximum absolute atomic E-state index is 12.8. The van der Waals surface area contributed by atoms with Crippen molar-refractivity contribution in [2.24, 2.45) is 0 Å². The quantitative estimate of drug-likeness (QED) is 0.659. The zero-order chi connectivity index (χ0) is 19.6. The van der Waals surface area contributed by atoms with Gasteiger partial charge in [-0.1, -0.05) is 45.2 Å². The van der Waals surface area contributed by atoms with Gasteiger partial charge in [-0.3, -0.25) is 0 Å². The second-order valence-corrected chi connectivity index (χ2v) is 9.91. The summed E-state index contributed by atoms with van der Waals surface area (Å²) < 4.78 is 28.0. The number of sulfonamides is 1. The molecule has 1 aliphatic heterocycles. The summed E-state index contributed by atoms with van der Waals surface area (Å²) in [6.07, 6.45) is 0. The van der Waals surface area contributed by atoms with Crippen LogP contribution in [0.2, 0.25) is 5.02 Å². The average Bonchev–Trinajstić information content (AvgIpc) is 2.64. The Balaban J connectivity index is 1.62. The van der Waals surface area contributed by atoms with Crippen LogP contribution in [0.4, 0.5) is 5.69 Å². The predicted octanol–water partition coefficient (Wildman–Crippen LogP) is 4.11. The fourth-order valence-corrected chi connectivity index (χ4v) is 5.21. The Morgan fingerprint density at radius 2 is 1.74 bits per heavy atom. The van der Waals surface area contributed by atoms with Crippen molar-refractivity contribution in [2.45, 2.75) is 11.8 Å². The Morgan fingerprint density at radius 1 is 1.11 bits per heavy atom. The Hall–Kier alpha value is -1.19. The third-order valence-electron chi connectivity index (χ3n) is 4.36. The first kappa shape index (κ1) is 20.5. The number of benzene rings is 2. The van der Waals surface area contributed by atoms with E-state index in [9.17, 15) is 8.42 Å². The number of hydrogen-bond acceptors (Lipinski definition) is 3. The summed E-state index contributed by atoms with van der Waals surface area (Å²) in [6.45, 7) is 3.73. The Labute approximate surface area is 178 Å². The molecular weight excluding hydrogens is 470 g/mol. The van der Waals surface area contributed by atoms with Gasteiger partial charge in [0.15, 0.2) is 5.11 Å². The minimum atomic E-state index is -3.48. The minimum Gasteiger partial charge on any atom is -0.346 e. The Morgan fingerprint density at radius 3 is 2.33 bits per heavy atom. The summed E-state index contributed by atoms with van der Waals surface area (Å²) >= 11 is 15.1. The van der Waals surface area contributed by atoms with E-state index in [4.69, 9.17) is 23.8 Å². The number of hydrogen-bond donors (Lipinski definition) is 1. The van der Waals surface area contributed by atoms with Crippen LogP contribution in [0.15, 0.2) is 51.8 Å². The van der Waals surface area contributed by atoms with Crippen LogP contribution in [-0.2, 0) is 10.0 Å². The third kappa shape index (κ3) is 4.81. The second kappa shape index (κ2) is 8.45. The molecule has 2 aromatic rings. The van der Waals surface area contributed by atoms with E-state index in [0.29, 0.717) is 41.2 Å².